The number of aliphatic hydroxyl groups excluding tert-OH is 1. The Labute approximate surface area is 106 Å². The molecule has 2 atom stereocenters. The third-order valence-electron chi connectivity index (χ3n) is 3.72. The fraction of sp³-hybridized carbons (Fsp3) is 0.833. The summed E-state index contributed by atoms with van der Waals surface area (Å²) in [5, 5.41) is 18.7. The van der Waals surface area contributed by atoms with E-state index < -0.39 is 18.1 Å². The van der Waals surface area contributed by atoms with E-state index in [1.807, 2.05) is 0 Å². The van der Waals surface area contributed by atoms with E-state index in [1.165, 1.54) is 4.90 Å². The summed E-state index contributed by atoms with van der Waals surface area (Å²) in [6.07, 6.45) is 3.31. The van der Waals surface area contributed by atoms with Crippen molar-refractivity contribution in [3.05, 3.63) is 0 Å². The summed E-state index contributed by atoms with van der Waals surface area (Å²) < 4.78 is 0. The lowest BCUT2D eigenvalue weighted by molar-refractivity contribution is -0.142. The Morgan fingerprint density at radius 2 is 1.83 bits per heavy atom. The van der Waals surface area contributed by atoms with Crippen molar-refractivity contribution in [3.8, 4) is 0 Å². The molecule has 2 fully saturated rings. The molecule has 2 aliphatic rings. The monoisotopic (exact) mass is 256 g/mol. The molecule has 2 heterocycles. The van der Waals surface area contributed by atoms with Gasteiger partial charge < -0.3 is 20.0 Å². The largest absolute Gasteiger partial charge is 0.480 e. The minimum atomic E-state index is -0.926. The molecule has 6 heteroatoms. The standard InChI is InChI=1S/C12H20N2O4/c15-9-5-7-13(8-9)12(18)14-6-3-1-2-4-10(14)11(16)17/h9-10,15H,1-8H2,(H,16,17). The number of urea groups is 1. The van der Waals surface area contributed by atoms with Crippen LogP contribution in [-0.2, 0) is 4.79 Å². The Balaban J connectivity index is 2.07. The van der Waals surface area contributed by atoms with Gasteiger partial charge in [0.15, 0.2) is 0 Å². The maximum Gasteiger partial charge on any atom is 0.326 e. The van der Waals surface area contributed by atoms with Crippen molar-refractivity contribution >= 4 is 12.0 Å². The van der Waals surface area contributed by atoms with Crippen molar-refractivity contribution in [3.63, 3.8) is 0 Å². The molecule has 0 bridgehead atoms. The van der Waals surface area contributed by atoms with E-state index >= 15 is 0 Å². The fourth-order valence-electron chi connectivity index (χ4n) is 2.69. The number of aliphatic carboxylic acids is 1. The number of carboxylic acids is 1. The second-order valence-electron chi connectivity index (χ2n) is 5.07. The third-order valence-corrected chi connectivity index (χ3v) is 3.72. The van der Waals surface area contributed by atoms with Crippen LogP contribution < -0.4 is 0 Å². The summed E-state index contributed by atoms with van der Waals surface area (Å²) in [7, 11) is 0. The van der Waals surface area contributed by atoms with E-state index in [-0.39, 0.29) is 6.03 Å². The van der Waals surface area contributed by atoms with Gasteiger partial charge in [0.05, 0.1) is 6.10 Å². The van der Waals surface area contributed by atoms with Crippen LogP contribution in [0.2, 0.25) is 0 Å². The van der Waals surface area contributed by atoms with Crippen LogP contribution in [0.15, 0.2) is 0 Å². The smallest absolute Gasteiger partial charge is 0.326 e. The SMILES string of the molecule is O=C(O)C1CCCCCN1C(=O)N1CCC(O)C1. The van der Waals surface area contributed by atoms with Crippen LogP contribution in [-0.4, -0.2) is 63.8 Å². The van der Waals surface area contributed by atoms with Gasteiger partial charge in [-0.15, -0.1) is 0 Å². The van der Waals surface area contributed by atoms with Crippen LogP contribution >= 0.6 is 0 Å². The second-order valence-corrected chi connectivity index (χ2v) is 5.07. The lowest BCUT2D eigenvalue weighted by atomic mass is 10.1. The number of carboxylic acid groups (broad SMARTS) is 1. The molecule has 2 rings (SSSR count). The Hall–Kier alpha value is -1.30. The van der Waals surface area contributed by atoms with Gasteiger partial charge in [0.2, 0.25) is 0 Å². The maximum absolute atomic E-state index is 12.3. The number of amides is 2. The lowest BCUT2D eigenvalue weighted by Crippen LogP contribution is -2.50. The van der Waals surface area contributed by atoms with Crippen molar-refractivity contribution < 1.29 is 19.8 Å². The van der Waals surface area contributed by atoms with E-state index in [4.69, 9.17) is 0 Å². The fourth-order valence-corrected chi connectivity index (χ4v) is 2.69. The summed E-state index contributed by atoms with van der Waals surface area (Å²) in [5.74, 6) is -0.926. The molecule has 0 aromatic rings. The van der Waals surface area contributed by atoms with Crippen LogP contribution in [0.3, 0.4) is 0 Å². The number of carbonyl (C=O) groups is 2. The zero-order valence-electron chi connectivity index (χ0n) is 10.4. The van der Waals surface area contributed by atoms with Crippen LogP contribution in [0.5, 0.6) is 0 Å². The molecule has 6 nitrogen and oxygen atoms in total. The van der Waals surface area contributed by atoms with E-state index in [2.05, 4.69) is 0 Å². The number of aliphatic hydroxyl groups is 1. The molecular weight excluding hydrogens is 236 g/mol. The lowest BCUT2D eigenvalue weighted by Gasteiger charge is -2.31. The molecule has 0 aromatic heterocycles. The van der Waals surface area contributed by atoms with Gasteiger partial charge in [-0.05, 0) is 19.3 Å². The van der Waals surface area contributed by atoms with Crippen molar-refractivity contribution in [2.24, 2.45) is 0 Å². The van der Waals surface area contributed by atoms with Crippen molar-refractivity contribution in [2.75, 3.05) is 19.6 Å². The van der Waals surface area contributed by atoms with Crippen LogP contribution in [0.25, 0.3) is 0 Å². The quantitative estimate of drug-likeness (QED) is 0.716. The summed E-state index contributed by atoms with van der Waals surface area (Å²) >= 11 is 0. The van der Waals surface area contributed by atoms with Crippen molar-refractivity contribution in [1.29, 1.82) is 0 Å². The zero-order chi connectivity index (χ0) is 13.1. The highest BCUT2D eigenvalue weighted by atomic mass is 16.4. The number of rotatable bonds is 1. The Morgan fingerprint density at radius 1 is 1.06 bits per heavy atom. The van der Waals surface area contributed by atoms with Gasteiger partial charge in [-0.3, -0.25) is 0 Å². The Bertz CT molecular complexity index is 334. The summed E-state index contributed by atoms with van der Waals surface area (Å²) in [5.41, 5.74) is 0. The van der Waals surface area contributed by atoms with E-state index in [0.29, 0.717) is 32.5 Å². The highest BCUT2D eigenvalue weighted by Gasteiger charge is 2.35. The minimum Gasteiger partial charge on any atom is -0.480 e. The van der Waals surface area contributed by atoms with Crippen LogP contribution in [0, 0.1) is 0 Å². The molecule has 2 saturated heterocycles. The highest BCUT2D eigenvalue weighted by Crippen LogP contribution is 2.20. The van der Waals surface area contributed by atoms with Crippen molar-refractivity contribution in [2.45, 2.75) is 44.2 Å². The maximum atomic E-state index is 12.3. The molecule has 0 aliphatic carbocycles. The van der Waals surface area contributed by atoms with Gasteiger partial charge in [-0.1, -0.05) is 12.8 Å². The predicted molar refractivity (Wildman–Crippen MR) is 64.2 cm³/mol. The molecule has 0 spiro atoms. The van der Waals surface area contributed by atoms with Gasteiger partial charge in [-0.2, -0.15) is 0 Å². The molecule has 18 heavy (non-hydrogen) atoms. The second kappa shape index (κ2) is 5.56. The normalized spacial score (nSPS) is 29.2. The Kier molecular flexibility index (Phi) is 4.06. The molecule has 0 radical (unpaired) electrons. The molecule has 2 unspecified atom stereocenters. The number of carbonyl (C=O) groups excluding carboxylic acids is 1. The Morgan fingerprint density at radius 3 is 2.44 bits per heavy atom. The van der Waals surface area contributed by atoms with E-state index in [0.717, 1.165) is 19.3 Å². The summed E-state index contributed by atoms with van der Waals surface area (Å²) in [6.45, 7) is 1.34. The summed E-state index contributed by atoms with van der Waals surface area (Å²) in [6, 6.07) is -0.946. The minimum absolute atomic E-state index is 0.235. The van der Waals surface area contributed by atoms with Gasteiger partial charge in [0, 0.05) is 19.6 Å². The predicted octanol–water partition coefficient (Wildman–Crippen LogP) is 0.502. The first-order valence-electron chi connectivity index (χ1n) is 6.56. The topological polar surface area (TPSA) is 81.1 Å². The van der Waals surface area contributed by atoms with Crippen LogP contribution in [0.4, 0.5) is 4.79 Å². The highest BCUT2D eigenvalue weighted by molar-refractivity contribution is 5.83. The molecule has 0 saturated carbocycles. The number of hydrogen-bond donors (Lipinski definition) is 2. The van der Waals surface area contributed by atoms with E-state index in [1.54, 1.807) is 4.90 Å². The molecule has 102 valence electrons. The number of likely N-dealkylation sites (tertiary alicyclic amines) is 2. The third kappa shape index (κ3) is 2.75. The summed E-state index contributed by atoms with van der Waals surface area (Å²) in [4.78, 5) is 26.6. The van der Waals surface area contributed by atoms with Gasteiger partial charge in [0.1, 0.15) is 6.04 Å². The number of hydrogen-bond acceptors (Lipinski definition) is 3. The number of β-amino-alcohol motifs (C(OH)–C–C–N with tert-alkyl or cyclic N) is 1. The average molecular weight is 256 g/mol. The molecule has 2 N–H and O–H groups in total. The average Bonchev–Trinajstić information content (AvgIpc) is 2.63. The van der Waals surface area contributed by atoms with Gasteiger partial charge in [-0.25, -0.2) is 9.59 Å². The molecule has 0 aromatic carbocycles. The number of nitrogens with zero attached hydrogens (tertiary/aromatic N) is 2. The molecule has 2 amide bonds. The van der Waals surface area contributed by atoms with E-state index in [9.17, 15) is 19.8 Å². The first kappa shape index (κ1) is 13.1. The first-order valence-corrected chi connectivity index (χ1v) is 6.56. The van der Waals surface area contributed by atoms with Gasteiger partial charge in [0.25, 0.3) is 0 Å². The molecule has 2 aliphatic heterocycles. The van der Waals surface area contributed by atoms with Crippen LogP contribution in [0.1, 0.15) is 32.1 Å². The van der Waals surface area contributed by atoms with Gasteiger partial charge >= 0.3 is 12.0 Å². The van der Waals surface area contributed by atoms with Crippen molar-refractivity contribution in [1.82, 2.24) is 9.80 Å². The first-order chi connectivity index (χ1) is 8.59. The molecular formula is C12H20N2O4. The zero-order valence-corrected chi connectivity index (χ0v) is 10.4.